The SMILES string of the molecule is Cl.O=[S@](c1ccnc(Cl)n1)[C@@H]1CCNC1. The lowest BCUT2D eigenvalue weighted by molar-refractivity contribution is 0.669. The van der Waals surface area contributed by atoms with Crippen molar-refractivity contribution >= 4 is 34.8 Å². The van der Waals surface area contributed by atoms with E-state index in [9.17, 15) is 4.21 Å². The zero-order chi connectivity index (χ0) is 9.97. The smallest absolute Gasteiger partial charge is 0.223 e. The molecule has 4 nitrogen and oxygen atoms in total. The number of hydrogen-bond donors (Lipinski definition) is 1. The van der Waals surface area contributed by atoms with Gasteiger partial charge in [-0.3, -0.25) is 4.21 Å². The van der Waals surface area contributed by atoms with Crippen molar-refractivity contribution < 1.29 is 4.21 Å². The Hall–Kier alpha value is -0.230. The van der Waals surface area contributed by atoms with E-state index in [1.54, 1.807) is 6.07 Å². The summed E-state index contributed by atoms with van der Waals surface area (Å²) >= 11 is 5.62. The zero-order valence-corrected chi connectivity index (χ0v) is 10.2. The lowest BCUT2D eigenvalue weighted by atomic mass is 10.4. The molecule has 1 aromatic heterocycles. The van der Waals surface area contributed by atoms with Crippen LogP contribution < -0.4 is 5.32 Å². The minimum absolute atomic E-state index is 0. The third kappa shape index (κ3) is 3.11. The van der Waals surface area contributed by atoms with Gasteiger partial charge in [-0.05, 0) is 30.6 Å². The summed E-state index contributed by atoms with van der Waals surface area (Å²) < 4.78 is 11.9. The second kappa shape index (κ2) is 5.75. The summed E-state index contributed by atoms with van der Waals surface area (Å²) in [5, 5.41) is 4.00. The topological polar surface area (TPSA) is 54.9 Å². The van der Waals surface area contributed by atoms with Crippen LogP contribution in [0.25, 0.3) is 0 Å². The molecule has 0 saturated carbocycles. The van der Waals surface area contributed by atoms with Crippen molar-refractivity contribution in [2.75, 3.05) is 13.1 Å². The molecule has 0 amide bonds. The van der Waals surface area contributed by atoms with Gasteiger partial charge in [-0.1, -0.05) is 0 Å². The summed E-state index contributed by atoms with van der Waals surface area (Å²) in [6.07, 6.45) is 2.46. The van der Waals surface area contributed by atoms with E-state index in [1.807, 2.05) is 0 Å². The van der Waals surface area contributed by atoms with Gasteiger partial charge < -0.3 is 5.32 Å². The normalized spacial score (nSPS) is 22.1. The molecule has 0 unspecified atom stereocenters. The number of hydrogen-bond acceptors (Lipinski definition) is 4. The summed E-state index contributed by atoms with van der Waals surface area (Å²) in [4.78, 5) is 7.70. The van der Waals surface area contributed by atoms with Crippen LogP contribution in [0.4, 0.5) is 0 Å². The van der Waals surface area contributed by atoms with Crippen molar-refractivity contribution in [3.05, 3.63) is 17.5 Å². The number of rotatable bonds is 2. The van der Waals surface area contributed by atoms with Gasteiger partial charge in [0, 0.05) is 12.7 Å². The van der Waals surface area contributed by atoms with E-state index in [2.05, 4.69) is 15.3 Å². The predicted octanol–water partition coefficient (Wildman–Crippen LogP) is 1.02. The van der Waals surface area contributed by atoms with Gasteiger partial charge in [-0.25, -0.2) is 9.97 Å². The van der Waals surface area contributed by atoms with Gasteiger partial charge in [-0.2, -0.15) is 0 Å². The molecule has 84 valence electrons. The Bertz CT molecular complexity index is 357. The molecule has 0 spiro atoms. The molecule has 1 aliphatic rings. The molecule has 2 atom stereocenters. The number of halogens is 2. The average molecular weight is 268 g/mol. The van der Waals surface area contributed by atoms with Crippen LogP contribution in [0.15, 0.2) is 17.3 Å². The monoisotopic (exact) mass is 267 g/mol. The Kier molecular flexibility index (Phi) is 4.92. The van der Waals surface area contributed by atoms with E-state index in [-0.39, 0.29) is 22.9 Å². The molecular formula is C8H11Cl2N3OS. The van der Waals surface area contributed by atoms with Gasteiger partial charge in [0.2, 0.25) is 5.28 Å². The zero-order valence-electron chi connectivity index (χ0n) is 7.85. The molecule has 0 bridgehead atoms. The third-order valence-corrected chi connectivity index (χ3v) is 3.95. The van der Waals surface area contributed by atoms with E-state index in [0.29, 0.717) is 5.03 Å². The maximum atomic E-state index is 11.9. The van der Waals surface area contributed by atoms with E-state index in [1.165, 1.54) is 6.20 Å². The van der Waals surface area contributed by atoms with Crippen molar-refractivity contribution in [2.45, 2.75) is 16.7 Å². The average Bonchev–Trinajstić information content (AvgIpc) is 2.69. The summed E-state index contributed by atoms with van der Waals surface area (Å²) in [7, 11) is -1.07. The maximum Gasteiger partial charge on any atom is 0.223 e. The first-order valence-corrected chi connectivity index (χ1v) is 5.96. The van der Waals surface area contributed by atoms with E-state index in [4.69, 9.17) is 11.6 Å². The quantitative estimate of drug-likeness (QED) is 0.642. The van der Waals surface area contributed by atoms with Crippen LogP contribution in [-0.4, -0.2) is 32.5 Å². The molecule has 1 aromatic rings. The van der Waals surface area contributed by atoms with Crippen molar-refractivity contribution in [3.8, 4) is 0 Å². The fraction of sp³-hybridized carbons (Fsp3) is 0.500. The fourth-order valence-corrected chi connectivity index (χ4v) is 2.92. The van der Waals surface area contributed by atoms with Crippen molar-refractivity contribution in [2.24, 2.45) is 0 Å². The molecule has 0 radical (unpaired) electrons. The van der Waals surface area contributed by atoms with E-state index >= 15 is 0 Å². The summed E-state index contributed by atoms with van der Waals surface area (Å²) in [5.41, 5.74) is 0. The predicted molar refractivity (Wildman–Crippen MR) is 62.0 cm³/mol. The highest BCUT2D eigenvalue weighted by Gasteiger charge is 2.23. The van der Waals surface area contributed by atoms with Crippen LogP contribution in [0.3, 0.4) is 0 Å². The van der Waals surface area contributed by atoms with Crippen molar-refractivity contribution in [1.82, 2.24) is 15.3 Å². The molecule has 1 fully saturated rings. The van der Waals surface area contributed by atoms with Crippen LogP contribution in [-0.2, 0) is 10.8 Å². The van der Waals surface area contributed by atoms with Gasteiger partial charge >= 0.3 is 0 Å². The lowest BCUT2D eigenvalue weighted by Gasteiger charge is -2.06. The van der Waals surface area contributed by atoms with E-state index < -0.39 is 10.8 Å². The summed E-state index contributed by atoms with van der Waals surface area (Å²) in [5.74, 6) is 0. The molecule has 1 saturated heterocycles. The molecule has 1 aliphatic heterocycles. The largest absolute Gasteiger partial charge is 0.315 e. The minimum atomic E-state index is -1.07. The standard InChI is InChI=1S/C8H10ClN3OS.ClH/c9-8-11-4-2-7(12-8)14(13)6-1-3-10-5-6;/h2,4,6,10H,1,3,5H2;1H/t6-,14+;/m1./s1. The molecule has 2 heterocycles. The lowest BCUT2D eigenvalue weighted by Crippen LogP contribution is -2.19. The Labute approximate surface area is 102 Å². The first kappa shape index (κ1) is 12.8. The fourth-order valence-electron chi connectivity index (χ4n) is 1.41. The second-order valence-corrected chi connectivity index (χ2v) is 5.09. The van der Waals surface area contributed by atoms with Crippen molar-refractivity contribution in [1.29, 1.82) is 0 Å². The van der Waals surface area contributed by atoms with Gasteiger partial charge in [0.15, 0.2) is 0 Å². The van der Waals surface area contributed by atoms with Crippen LogP contribution in [0.1, 0.15) is 6.42 Å². The molecule has 0 aliphatic carbocycles. The first-order valence-electron chi connectivity index (χ1n) is 4.37. The highest BCUT2D eigenvalue weighted by Crippen LogP contribution is 2.14. The maximum absolute atomic E-state index is 11.9. The van der Waals surface area contributed by atoms with Gasteiger partial charge in [0.25, 0.3) is 0 Å². The Morgan fingerprint density at radius 1 is 1.60 bits per heavy atom. The van der Waals surface area contributed by atoms with E-state index in [0.717, 1.165) is 19.5 Å². The Morgan fingerprint density at radius 3 is 3.00 bits per heavy atom. The highest BCUT2D eigenvalue weighted by atomic mass is 35.5. The Morgan fingerprint density at radius 2 is 2.40 bits per heavy atom. The van der Waals surface area contributed by atoms with Crippen LogP contribution in [0.5, 0.6) is 0 Å². The summed E-state index contributed by atoms with van der Waals surface area (Å²) in [6.45, 7) is 1.71. The van der Waals surface area contributed by atoms with Gasteiger partial charge in [0.05, 0.1) is 16.0 Å². The van der Waals surface area contributed by atoms with Gasteiger partial charge in [-0.15, -0.1) is 12.4 Å². The van der Waals surface area contributed by atoms with Crippen LogP contribution in [0, 0.1) is 0 Å². The molecule has 2 rings (SSSR count). The number of nitrogens with one attached hydrogen (secondary N) is 1. The third-order valence-electron chi connectivity index (χ3n) is 2.12. The minimum Gasteiger partial charge on any atom is -0.315 e. The van der Waals surface area contributed by atoms with Crippen molar-refractivity contribution in [3.63, 3.8) is 0 Å². The number of aromatic nitrogens is 2. The number of nitrogens with zero attached hydrogens (tertiary/aromatic N) is 2. The van der Waals surface area contributed by atoms with Crippen LogP contribution in [0.2, 0.25) is 5.28 Å². The molecule has 15 heavy (non-hydrogen) atoms. The molecular weight excluding hydrogens is 257 g/mol. The molecule has 0 aromatic carbocycles. The molecule has 7 heteroatoms. The first-order chi connectivity index (χ1) is 6.77. The molecule has 1 N–H and O–H groups in total. The Balaban J connectivity index is 0.00000112. The summed E-state index contributed by atoms with van der Waals surface area (Å²) in [6, 6.07) is 1.65. The second-order valence-electron chi connectivity index (χ2n) is 3.08. The van der Waals surface area contributed by atoms with Crippen LogP contribution >= 0.6 is 24.0 Å². The highest BCUT2D eigenvalue weighted by molar-refractivity contribution is 7.85. The van der Waals surface area contributed by atoms with Gasteiger partial charge in [0.1, 0.15) is 5.03 Å².